The van der Waals surface area contributed by atoms with Gasteiger partial charge in [0.2, 0.25) is 0 Å². The summed E-state index contributed by atoms with van der Waals surface area (Å²) in [6, 6.07) is 18.0. The van der Waals surface area contributed by atoms with Gasteiger partial charge in [-0.2, -0.15) is 5.10 Å². The lowest BCUT2D eigenvalue weighted by molar-refractivity contribution is 0.891. The van der Waals surface area contributed by atoms with Gasteiger partial charge >= 0.3 is 0 Å². The summed E-state index contributed by atoms with van der Waals surface area (Å²) in [5.41, 5.74) is 10.2. The molecule has 1 aromatic heterocycles. The maximum absolute atomic E-state index is 6.10. The van der Waals surface area contributed by atoms with E-state index in [-0.39, 0.29) is 0 Å². The summed E-state index contributed by atoms with van der Waals surface area (Å²) in [5.74, 6) is 0.619. The van der Waals surface area contributed by atoms with Gasteiger partial charge in [-0.3, -0.25) is 0 Å². The van der Waals surface area contributed by atoms with Crippen molar-refractivity contribution in [1.29, 1.82) is 0 Å². The number of hydrogen-bond donors (Lipinski definition) is 1. The maximum Gasteiger partial charge on any atom is 0.127 e. The molecule has 0 amide bonds. The number of nitrogens with two attached hydrogens (primary N) is 1. The Morgan fingerprint density at radius 3 is 2.60 bits per heavy atom. The molecule has 0 aliphatic rings. The monoisotopic (exact) mass is 327 g/mol. The Bertz CT molecular complexity index is 762. The number of aryl methyl sites for hydroxylation is 1. The molecule has 0 spiro atoms. The highest BCUT2D eigenvalue weighted by Gasteiger charge is 2.10. The van der Waals surface area contributed by atoms with Crippen molar-refractivity contribution in [2.24, 2.45) is 0 Å². The number of para-hydroxylation sites is 1. The summed E-state index contributed by atoms with van der Waals surface area (Å²) in [7, 11) is 0. The highest BCUT2D eigenvalue weighted by Crippen LogP contribution is 2.27. The molecule has 2 N–H and O–H groups in total. The second kappa shape index (κ2) is 5.13. The molecule has 0 aliphatic carbocycles. The number of anilines is 1. The minimum absolute atomic E-state index is 0.619. The molecule has 3 nitrogen and oxygen atoms in total. The van der Waals surface area contributed by atoms with Crippen LogP contribution < -0.4 is 5.73 Å². The van der Waals surface area contributed by atoms with E-state index in [0.717, 1.165) is 21.4 Å². The molecule has 0 radical (unpaired) electrons. The van der Waals surface area contributed by atoms with Crippen molar-refractivity contribution in [3.05, 3.63) is 64.6 Å². The molecule has 4 heteroatoms. The van der Waals surface area contributed by atoms with Gasteiger partial charge in [0, 0.05) is 16.1 Å². The van der Waals surface area contributed by atoms with Gasteiger partial charge in [0.25, 0.3) is 0 Å². The third kappa shape index (κ3) is 2.34. The van der Waals surface area contributed by atoms with Crippen LogP contribution in [0, 0.1) is 6.92 Å². The van der Waals surface area contributed by atoms with E-state index in [1.165, 1.54) is 5.56 Å². The Hall–Kier alpha value is -2.07. The molecule has 3 rings (SSSR count). The maximum atomic E-state index is 6.10. The lowest BCUT2D eigenvalue weighted by atomic mass is 10.1. The molecule has 1 heterocycles. The molecule has 0 saturated carbocycles. The molecular formula is C16H14BrN3. The van der Waals surface area contributed by atoms with E-state index in [0.29, 0.717) is 5.82 Å². The van der Waals surface area contributed by atoms with Crippen LogP contribution in [-0.4, -0.2) is 9.78 Å². The topological polar surface area (TPSA) is 43.8 Å². The zero-order chi connectivity index (χ0) is 14.1. The lowest BCUT2D eigenvalue weighted by Gasteiger charge is -2.05. The molecule has 0 saturated heterocycles. The van der Waals surface area contributed by atoms with Crippen molar-refractivity contribution >= 4 is 21.7 Å². The molecule has 0 bridgehead atoms. The average molecular weight is 328 g/mol. The zero-order valence-corrected chi connectivity index (χ0v) is 12.6. The van der Waals surface area contributed by atoms with Gasteiger partial charge in [-0.25, -0.2) is 4.68 Å². The van der Waals surface area contributed by atoms with Crippen molar-refractivity contribution < 1.29 is 0 Å². The molecular weight excluding hydrogens is 314 g/mol. The summed E-state index contributed by atoms with van der Waals surface area (Å²) in [6.45, 7) is 2.07. The van der Waals surface area contributed by atoms with Crippen LogP contribution in [-0.2, 0) is 0 Å². The van der Waals surface area contributed by atoms with Crippen LogP contribution in [0.25, 0.3) is 16.9 Å². The first-order valence-electron chi connectivity index (χ1n) is 6.32. The molecule has 0 fully saturated rings. The molecule has 2 aromatic carbocycles. The number of hydrogen-bond acceptors (Lipinski definition) is 2. The van der Waals surface area contributed by atoms with Crippen LogP contribution in [0.15, 0.2) is 59.1 Å². The van der Waals surface area contributed by atoms with Gasteiger partial charge in [0.1, 0.15) is 5.82 Å². The summed E-state index contributed by atoms with van der Waals surface area (Å²) in [4.78, 5) is 0. The Kier molecular flexibility index (Phi) is 3.32. The van der Waals surface area contributed by atoms with Gasteiger partial charge < -0.3 is 5.73 Å². The van der Waals surface area contributed by atoms with Gasteiger partial charge in [0.15, 0.2) is 0 Å². The fraction of sp³-hybridized carbons (Fsp3) is 0.0625. The van der Waals surface area contributed by atoms with Crippen molar-refractivity contribution in [2.45, 2.75) is 6.92 Å². The van der Waals surface area contributed by atoms with Crippen LogP contribution in [0.5, 0.6) is 0 Å². The highest BCUT2D eigenvalue weighted by atomic mass is 79.9. The Labute approximate surface area is 126 Å². The van der Waals surface area contributed by atoms with E-state index >= 15 is 0 Å². The standard InChI is InChI=1S/C16H14BrN3/c1-11-5-4-6-12(9-11)14-10-16(18)20(19-14)15-8-3-2-7-13(15)17/h2-10H,18H2,1H3. The van der Waals surface area contributed by atoms with E-state index < -0.39 is 0 Å². The number of nitrogen functional groups attached to an aromatic ring is 1. The lowest BCUT2D eigenvalue weighted by Crippen LogP contribution is -2.02. The van der Waals surface area contributed by atoms with Crippen LogP contribution in [0.1, 0.15) is 5.56 Å². The summed E-state index contributed by atoms with van der Waals surface area (Å²) < 4.78 is 2.72. The number of halogens is 1. The van der Waals surface area contributed by atoms with Crippen molar-refractivity contribution in [3.8, 4) is 16.9 Å². The Morgan fingerprint density at radius 1 is 1.05 bits per heavy atom. The van der Waals surface area contributed by atoms with E-state index in [1.54, 1.807) is 4.68 Å². The van der Waals surface area contributed by atoms with Crippen molar-refractivity contribution in [3.63, 3.8) is 0 Å². The minimum atomic E-state index is 0.619. The van der Waals surface area contributed by atoms with Crippen molar-refractivity contribution in [1.82, 2.24) is 9.78 Å². The quantitative estimate of drug-likeness (QED) is 0.766. The van der Waals surface area contributed by atoms with Gasteiger partial charge in [-0.05, 0) is 41.1 Å². The van der Waals surface area contributed by atoms with Crippen LogP contribution in [0.4, 0.5) is 5.82 Å². The Balaban J connectivity index is 2.10. The average Bonchev–Trinajstić information content (AvgIpc) is 2.81. The number of aromatic nitrogens is 2. The normalized spacial score (nSPS) is 10.7. The first kappa shape index (κ1) is 12.9. The minimum Gasteiger partial charge on any atom is -0.384 e. The highest BCUT2D eigenvalue weighted by molar-refractivity contribution is 9.10. The molecule has 3 aromatic rings. The summed E-state index contributed by atoms with van der Waals surface area (Å²) in [5, 5.41) is 4.61. The molecule has 20 heavy (non-hydrogen) atoms. The van der Waals surface area contributed by atoms with Gasteiger partial charge in [0.05, 0.1) is 11.4 Å². The number of rotatable bonds is 2. The largest absolute Gasteiger partial charge is 0.384 e. The van der Waals surface area contributed by atoms with Gasteiger partial charge in [-0.1, -0.05) is 35.9 Å². The number of benzene rings is 2. The third-order valence-electron chi connectivity index (χ3n) is 3.13. The van der Waals surface area contributed by atoms with Crippen molar-refractivity contribution in [2.75, 3.05) is 5.73 Å². The molecule has 100 valence electrons. The first-order chi connectivity index (χ1) is 9.65. The van der Waals surface area contributed by atoms with E-state index in [4.69, 9.17) is 5.73 Å². The fourth-order valence-corrected chi connectivity index (χ4v) is 2.61. The zero-order valence-electron chi connectivity index (χ0n) is 11.0. The van der Waals surface area contributed by atoms with E-state index in [1.807, 2.05) is 42.5 Å². The third-order valence-corrected chi connectivity index (χ3v) is 3.80. The van der Waals surface area contributed by atoms with Crippen LogP contribution in [0.2, 0.25) is 0 Å². The van der Waals surface area contributed by atoms with E-state index in [2.05, 4.69) is 40.1 Å². The number of nitrogens with zero attached hydrogens (tertiary/aromatic N) is 2. The SMILES string of the molecule is Cc1cccc(-c2cc(N)n(-c3ccccc3Br)n2)c1. The molecule has 0 aliphatic heterocycles. The predicted octanol–water partition coefficient (Wildman–Crippen LogP) is 4.19. The van der Waals surface area contributed by atoms with Gasteiger partial charge in [-0.15, -0.1) is 0 Å². The fourth-order valence-electron chi connectivity index (χ4n) is 2.16. The molecule has 0 atom stereocenters. The predicted molar refractivity (Wildman–Crippen MR) is 85.8 cm³/mol. The second-order valence-corrected chi connectivity index (χ2v) is 5.54. The summed E-state index contributed by atoms with van der Waals surface area (Å²) >= 11 is 3.53. The van der Waals surface area contributed by atoms with Crippen LogP contribution >= 0.6 is 15.9 Å². The molecule has 0 unspecified atom stereocenters. The smallest absolute Gasteiger partial charge is 0.127 e. The van der Waals surface area contributed by atoms with E-state index in [9.17, 15) is 0 Å². The first-order valence-corrected chi connectivity index (χ1v) is 7.12. The Morgan fingerprint density at radius 2 is 1.85 bits per heavy atom. The summed E-state index contributed by atoms with van der Waals surface area (Å²) in [6.07, 6.45) is 0. The van der Waals surface area contributed by atoms with Crippen LogP contribution in [0.3, 0.4) is 0 Å². The second-order valence-electron chi connectivity index (χ2n) is 4.69.